The highest BCUT2D eigenvalue weighted by Crippen LogP contribution is 2.36. The largest absolute Gasteiger partial charge is 0.332 e. The van der Waals surface area contributed by atoms with Crippen molar-refractivity contribution in [2.75, 3.05) is 20.1 Å². The van der Waals surface area contributed by atoms with Crippen molar-refractivity contribution in [1.82, 2.24) is 9.80 Å². The van der Waals surface area contributed by atoms with Crippen LogP contribution < -0.4 is 0 Å². The van der Waals surface area contributed by atoms with Crippen LogP contribution >= 0.6 is 0 Å². The fourth-order valence-electron chi connectivity index (χ4n) is 4.31. The highest BCUT2D eigenvalue weighted by molar-refractivity contribution is 5.94. The lowest BCUT2D eigenvalue weighted by Gasteiger charge is -2.38. The van der Waals surface area contributed by atoms with E-state index in [-0.39, 0.29) is 11.4 Å². The molecule has 0 bridgehead atoms. The third-order valence-corrected chi connectivity index (χ3v) is 5.74. The molecule has 0 saturated carbocycles. The minimum absolute atomic E-state index is 0.0804. The molecule has 1 fully saturated rings. The average molecular weight is 320 g/mol. The van der Waals surface area contributed by atoms with Gasteiger partial charge in [-0.25, -0.2) is 0 Å². The van der Waals surface area contributed by atoms with E-state index in [0.29, 0.717) is 6.54 Å². The first kappa shape index (κ1) is 15.4. The molecule has 1 atom stereocenters. The summed E-state index contributed by atoms with van der Waals surface area (Å²) in [5.74, 6) is 0.145. The summed E-state index contributed by atoms with van der Waals surface area (Å²) >= 11 is 0. The molecule has 0 aromatic heterocycles. The first-order valence-corrected chi connectivity index (χ1v) is 8.80. The van der Waals surface area contributed by atoms with Crippen LogP contribution in [0.25, 0.3) is 0 Å². The number of fused-ring (bicyclic) bond motifs is 1. The van der Waals surface area contributed by atoms with E-state index in [1.165, 1.54) is 17.5 Å². The van der Waals surface area contributed by atoms with Crippen molar-refractivity contribution in [3.8, 4) is 0 Å². The number of likely N-dealkylation sites (tertiary alicyclic amines) is 1. The number of nitrogens with zero attached hydrogens (tertiary/aromatic N) is 2. The summed E-state index contributed by atoms with van der Waals surface area (Å²) in [5.41, 5.74) is 3.55. The second kappa shape index (κ2) is 6.06. The van der Waals surface area contributed by atoms with Gasteiger partial charge < -0.3 is 4.90 Å². The van der Waals surface area contributed by atoms with Crippen molar-refractivity contribution in [2.24, 2.45) is 0 Å². The number of benzene rings is 2. The Morgan fingerprint density at radius 3 is 2.42 bits per heavy atom. The van der Waals surface area contributed by atoms with Crippen LogP contribution in [0.4, 0.5) is 0 Å². The fraction of sp³-hybridized carbons (Fsp3) is 0.381. The van der Waals surface area contributed by atoms with Crippen LogP contribution in [-0.2, 0) is 13.0 Å². The summed E-state index contributed by atoms with van der Waals surface area (Å²) in [6, 6.07) is 18.3. The predicted molar refractivity (Wildman–Crippen MR) is 95.9 cm³/mol. The summed E-state index contributed by atoms with van der Waals surface area (Å²) in [6.45, 7) is 2.64. The van der Waals surface area contributed by atoms with Gasteiger partial charge in [-0.2, -0.15) is 0 Å². The number of amides is 1. The van der Waals surface area contributed by atoms with Gasteiger partial charge in [0.25, 0.3) is 5.91 Å². The van der Waals surface area contributed by atoms with Gasteiger partial charge >= 0.3 is 0 Å². The first-order valence-electron chi connectivity index (χ1n) is 8.80. The molecular formula is C21H24N2O. The van der Waals surface area contributed by atoms with Crippen molar-refractivity contribution in [2.45, 2.75) is 31.3 Å². The van der Waals surface area contributed by atoms with Crippen molar-refractivity contribution in [3.05, 3.63) is 71.3 Å². The molecule has 1 spiro atoms. The number of hydrogen-bond donors (Lipinski definition) is 0. The van der Waals surface area contributed by atoms with E-state index in [1.807, 2.05) is 30.3 Å². The number of hydrogen-bond acceptors (Lipinski definition) is 2. The molecule has 0 radical (unpaired) electrons. The second-order valence-electron chi connectivity index (χ2n) is 7.22. The molecule has 2 aliphatic heterocycles. The number of likely N-dealkylation sites (N-methyl/N-ethyl adjacent to an activating group) is 1. The minimum atomic E-state index is 0.0804. The highest BCUT2D eigenvalue weighted by Gasteiger charge is 2.43. The Bertz CT molecular complexity index is 743. The van der Waals surface area contributed by atoms with Crippen molar-refractivity contribution in [3.63, 3.8) is 0 Å². The zero-order chi connectivity index (χ0) is 16.6. The van der Waals surface area contributed by atoms with E-state index in [2.05, 4.69) is 41.1 Å². The Balaban J connectivity index is 1.73. The maximum atomic E-state index is 13.1. The molecule has 124 valence electrons. The summed E-state index contributed by atoms with van der Waals surface area (Å²) in [7, 11) is 2.21. The Kier molecular flexibility index (Phi) is 3.89. The minimum Gasteiger partial charge on any atom is -0.332 e. The third kappa shape index (κ3) is 2.63. The summed E-state index contributed by atoms with van der Waals surface area (Å²) in [5, 5.41) is 0. The SMILES string of the molecule is CN1CCCC12Cc1ccccc1CN(C(=O)c1ccccc1)C2. The lowest BCUT2D eigenvalue weighted by Crippen LogP contribution is -2.52. The van der Waals surface area contributed by atoms with Gasteiger partial charge in [-0.1, -0.05) is 42.5 Å². The third-order valence-electron chi connectivity index (χ3n) is 5.74. The van der Waals surface area contributed by atoms with Crippen LogP contribution in [0.15, 0.2) is 54.6 Å². The van der Waals surface area contributed by atoms with Crippen molar-refractivity contribution >= 4 is 5.91 Å². The molecule has 3 nitrogen and oxygen atoms in total. The van der Waals surface area contributed by atoms with Gasteiger partial charge in [-0.05, 0) is 56.1 Å². The van der Waals surface area contributed by atoms with Gasteiger partial charge in [-0.3, -0.25) is 9.69 Å². The zero-order valence-corrected chi connectivity index (χ0v) is 14.2. The van der Waals surface area contributed by atoms with E-state index in [1.54, 1.807) is 0 Å². The number of carbonyl (C=O) groups is 1. The van der Waals surface area contributed by atoms with Gasteiger partial charge in [0.2, 0.25) is 0 Å². The lowest BCUT2D eigenvalue weighted by atomic mass is 9.87. The van der Waals surface area contributed by atoms with E-state index in [4.69, 9.17) is 0 Å². The smallest absolute Gasteiger partial charge is 0.254 e. The fourth-order valence-corrected chi connectivity index (χ4v) is 4.31. The van der Waals surface area contributed by atoms with Crippen LogP contribution in [-0.4, -0.2) is 41.4 Å². The maximum absolute atomic E-state index is 13.1. The topological polar surface area (TPSA) is 23.6 Å². The molecule has 0 N–H and O–H groups in total. The van der Waals surface area contributed by atoms with Gasteiger partial charge in [0.05, 0.1) is 0 Å². The second-order valence-corrected chi connectivity index (χ2v) is 7.22. The lowest BCUT2D eigenvalue weighted by molar-refractivity contribution is 0.0599. The Labute approximate surface area is 143 Å². The Hall–Kier alpha value is -2.13. The Morgan fingerprint density at radius 2 is 1.71 bits per heavy atom. The van der Waals surface area contributed by atoms with Gasteiger partial charge in [-0.15, -0.1) is 0 Å². The number of rotatable bonds is 1. The van der Waals surface area contributed by atoms with Crippen molar-refractivity contribution in [1.29, 1.82) is 0 Å². The predicted octanol–water partition coefficient (Wildman–Crippen LogP) is 3.35. The first-order chi connectivity index (χ1) is 11.7. The highest BCUT2D eigenvalue weighted by atomic mass is 16.2. The normalized spacial score (nSPS) is 24.0. The zero-order valence-electron chi connectivity index (χ0n) is 14.2. The average Bonchev–Trinajstić information content (AvgIpc) is 2.86. The molecule has 2 aliphatic rings. The quantitative estimate of drug-likeness (QED) is 0.804. The van der Waals surface area contributed by atoms with E-state index in [0.717, 1.165) is 31.5 Å². The van der Waals surface area contributed by atoms with Crippen LogP contribution in [0.5, 0.6) is 0 Å². The summed E-state index contributed by atoms with van der Waals surface area (Å²) < 4.78 is 0. The maximum Gasteiger partial charge on any atom is 0.254 e. The van der Waals surface area contributed by atoms with Crippen LogP contribution in [0.2, 0.25) is 0 Å². The van der Waals surface area contributed by atoms with Gasteiger partial charge in [0, 0.05) is 24.2 Å². The molecule has 0 aliphatic carbocycles. The molecule has 1 amide bonds. The molecule has 1 unspecified atom stereocenters. The molecule has 2 heterocycles. The van der Waals surface area contributed by atoms with Crippen LogP contribution in [0, 0.1) is 0 Å². The van der Waals surface area contributed by atoms with Gasteiger partial charge in [0.15, 0.2) is 0 Å². The van der Waals surface area contributed by atoms with Crippen LogP contribution in [0.3, 0.4) is 0 Å². The summed E-state index contributed by atoms with van der Waals surface area (Å²) in [4.78, 5) is 17.6. The Morgan fingerprint density at radius 1 is 1.00 bits per heavy atom. The standard InChI is InChI=1S/C21H24N2O/c1-22-13-7-12-21(22)14-18-10-5-6-11-19(18)15-23(16-21)20(24)17-8-3-2-4-9-17/h2-6,8-11H,7,12-16H2,1H3. The number of carbonyl (C=O) groups excluding carboxylic acids is 1. The molecule has 2 aromatic rings. The molecule has 2 aromatic carbocycles. The summed E-state index contributed by atoms with van der Waals surface area (Å²) in [6.07, 6.45) is 3.42. The molecule has 3 heteroatoms. The monoisotopic (exact) mass is 320 g/mol. The van der Waals surface area contributed by atoms with E-state index in [9.17, 15) is 4.79 Å². The van der Waals surface area contributed by atoms with Crippen molar-refractivity contribution < 1.29 is 4.79 Å². The van der Waals surface area contributed by atoms with E-state index >= 15 is 0 Å². The van der Waals surface area contributed by atoms with Crippen LogP contribution in [0.1, 0.15) is 34.3 Å². The van der Waals surface area contributed by atoms with Gasteiger partial charge in [0.1, 0.15) is 0 Å². The molecular weight excluding hydrogens is 296 g/mol. The molecule has 24 heavy (non-hydrogen) atoms. The van der Waals surface area contributed by atoms with E-state index < -0.39 is 0 Å². The molecule has 4 rings (SSSR count). The molecule has 1 saturated heterocycles.